The number of rotatable bonds is 3. The number of halogens is 1. The molecule has 2 heterocycles. The molecule has 0 fully saturated rings. The molecule has 132 valence electrons. The topological polar surface area (TPSA) is 73.1 Å². The molecule has 0 saturated heterocycles. The third-order valence-corrected chi connectivity index (χ3v) is 4.22. The van der Waals surface area contributed by atoms with Crippen molar-refractivity contribution in [3.8, 4) is 17.1 Å². The van der Waals surface area contributed by atoms with E-state index in [2.05, 4.69) is 15.4 Å². The highest BCUT2D eigenvalue weighted by molar-refractivity contribution is 5.97. The van der Waals surface area contributed by atoms with Crippen LogP contribution in [0.15, 0.2) is 48.5 Å². The first-order valence-electron chi connectivity index (χ1n) is 8.22. The van der Waals surface area contributed by atoms with Gasteiger partial charge in [0.25, 0.3) is 5.91 Å². The number of hydrogen-bond acceptors (Lipinski definition) is 5. The van der Waals surface area contributed by atoms with Gasteiger partial charge in [-0.05, 0) is 24.3 Å². The first kappa shape index (κ1) is 16.2. The molecular weight excluding hydrogens is 337 g/mol. The van der Waals surface area contributed by atoms with Crippen molar-refractivity contribution in [3.05, 3.63) is 54.3 Å². The fraction of sp³-hybridized carbons (Fsp3) is 0.222. The van der Waals surface area contributed by atoms with E-state index >= 15 is 0 Å². The lowest BCUT2D eigenvalue weighted by Gasteiger charge is -2.31. The van der Waals surface area contributed by atoms with Gasteiger partial charge in [0.05, 0.1) is 12.2 Å². The summed E-state index contributed by atoms with van der Waals surface area (Å²) in [5, 5.41) is 12.4. The maximum absolute atomic E-state index is 13.4. The average Bonchev–Trinajstić information content (AvgIpc) is 3.17. The van der Waals surface area contributed by atoms with E-state index < -0.39 is 11.9 Å². The maximum atomic E-state index is 13.4. The predicted molar refractivity (Wildman–Crippen MR) is 92.2 cm³/mol. The van der Waals surface area contributed by atoms with Crippen LogP contribution in [0.1, 0.15) is 13.0 Å². The lowest BCUT2D eigenvalue weighted by atomic mass is 10.2. The number of fused-ring (bicyclic) bond motifs is 1. The SMILES string of the molecule is CC(C(=O)N1CCOc2cc(F)ccc21)n1nnc(-c2ccccc2)n1. The van der Waals surface area contributed by atoms with E-state index in [4.69, 9.17) is 4.74 Å². The Labute approximate surface area is 149 Å². The standard InChI is InChI=1S/C18H16FN5O2/c1-12(24-21-17(20-22-24)13-5-3-2-4-6-13)18(25)23-9-10-26-16-11-14(19)7-8-15(16)23/h2-8,11-12H,9-10H2,1H3. The Kier molecular flexibility index (Phi) is 4.08. The van der Waals surface area contributed by atoms with Crippen LogP contribution >= 0.6 is 0 Å². The van der Waals surface area contributed by atoms with Crippen molar-refractivity contribution in [1.29, 1.82) is 0 Å². The van der Waals surface area contributed by atoms with Crippen molar-refractivity contribution in [2.24, 2.45) is 0 Å². The molecule has 4 rings (SSSR count). The number of hydrogen-bond donors (Lipinski definition) is 0. The van der Waals surface area contributed by atoms with Gasteiger partial charge in [-0.15, -0.1) is 10.2 Å². The molecule has 1 atom stereocenters. The summed E-state index contributed by atoms with van der Waals surface area (Å²) >= 11 is 0. The zero-order chi connectivity index (χ0) is 18.1. The van der Waals surface area contributed by atoms with Gasteiger partial charge in [0.2, 0.25) is 5.82 Å². The third kappa shape index (κ3) is 2.90. The first-order chi connectivity index (χ1) is 12.6. The predicted octanol–water partition coefficient (Wildman–Crippen LogP) is 2.47. The van der Waals surface area contributed by atoms with Gasteiger partial charge >= 0.3 is 0 Å². The lowest BCUT2D eigenvalue weighted by Crippen LogP contribution is -2.42. The summed E-state index contributed by atoms with van der Waals surface area (Å²) in [6.45, 7) is 2.38. The number of carbonyl (C=O) groups is 1. The van der Waals surface area contributed by atoms with Gasteiger partial charge in [-0.25, -0.2) is 4.39 Å². The van der Waals surface area contributed by atoms with Gasteiger partial charge in [-0.3, -0.25) is 4.79 Å². The first-order valence-corrected chi connectivity index (χ1v) is 8.22. The van der Waals surface area contributed by atoms with Gasteiger partial charge in [0, 0.05) is 11.6 Å². The fourth-order valence-corrected chi connectivity index (χ4v) is 2.84. The van der Waals surface area contributed by atoms with Crippen LogP contribution in [0.2, 0.25) is 0 Å². The summed E-state index contributed by atoms with van der Waals surface area (Å²) in [5.74, 6) is 0.192. The molecule has 0 saturated carbocycles. The Hall–Kier alpha value is -3.29. The summed E-state index contributed by atoms with van der Waals surface area (Å²) < 4.78 is 18.8. The monoisotopic (exact) mass is 353 g/mol. The summed E-state index contributed by atoms with van der Waals surface area (Å²) in [6, 6.07) is 12.9. The molecule has 3 aromatic rings. The molecule has 0 N–H and O–H groups in total. The zero-order valence-corrected chi connectivity index (χ0v) is 14.0. The van der Waals surface area contributed by atoms with Crippen LogP contribution in [-0.4, -0.2) is 39.3 Å². The van der Waals surface area contributed by atoms with Crippen molar-refractivity contribution in [1.82, 2.24) is 20.2 Å². The fourth-order valence-electron chi connectivity index (χ4n) is 2.84. The molecule has 1 amide bonds. The second kappa shape index (κ2) is 6.55. The smallest absolute Gasteiger partial charge is 0.253 e. The van der Waals surface area contributed by atoms with E-state index in [9.17, 15) is 9.18 Å². The van der Waals surface area contributed by atoms with E-state index in [1.54, 1.807) is 17.9 Å². The minimum atomic E-state index is -0.657. The molecule has 7 nitrogen and oxygen atoms in total. The number of nitrogens with zero attached hydrogens (tertiary/aromatic N) is 5. The van der Waals surface area contributed by atoms with E-state index in [1.165, 1.54) is 16.9 Å². The highest BCUT2D eigenvalue weighted by atomic mass is 19.1. The molecular formula is C18H16FN5O2. The van der Waals surface area contributed by atoms with E-state index in [0.717, 1.165) is 5.56 Å². The molecule has 0 radical (unpaired) electrons. The number of amides is 1. The Morgan fingerprint density at radius 2 is 2.04 bits per heavy atom. The molecule has 1 unspecified atom stereocenters. The number of ether oxygens (including phenoxy) is 1. The number of benzene rings is 2. The molecule has 26 heavy (non-hydrogen) atoms. The average molecular weight is 353 g/mol. The summed E-state index contributed by atoms with van der Waals surface area (Å²) in [7, 11) is 0. The van der Waals surface area contributed by atoms with Crippen molar-refractivity contribution >= 4 is 11.6 Å². The Balaban J connectivity index is 1.59. The third-order valence-electron chi connectivity index (χ3n) is 4.22. The van der Waals surface area contributed by atoms with Crippen molar-refractivity contribution in [2.75, 3.05) is 18.1 Å². The molecule has 1 aromatic heterocycles. The molecule has 2 aromatic carbocycles. The summed E-state index contributed by atoms with van der Waals surface area (Å²) in [4.78, 5) is 15.8. The minimum Gasteiger partial charge on any atom is -0.489 e. The molecule has 1 aliphatic rings. The van der Waals surface area contributed by atoms with Crippen molar-refractivity contribution < 1.29 is 13.9 Å². The van der Waals surface area contributed by atoms with Crippen LogP contribution in [0.4, 0.5) is 10.1 Å². The van der Waals surface area contributed by atoms with Gasteiger partial charge in [0.1, 0.15) is 24.2 Å². The van der Waals surface area contributed by atoms with Gasteiger partial charge < -0.3 is 9.64 Å². The largest absolute Gasteiger partial charge is 0.489 e. The second-order valence-corrected chi connectivity index (χ2v) is 5.93. The summed E-state index contributed by atoms with van der Waals surface area (Å²) in [5.41, 5.74) is 1.36. The van der Waals surface area contributed by atoms with Crippen LogP contribution in [0.5, 0.6) is 5.75 Å². The number of anilines is 1. The highest BCUT2D eigenvalue weighted by Crippen LogP contribution is 2.33. The molecule has 0 aliphatic carbocycles. The maximum Gasteiger partial charge on any atom is 0.253 e. The second-order valence-electron chi connectivity index (χ2n) is 5.93. The molecule has 0 bridgehead atoms. The number of tetrazole rings is 1. The van der Waals surface area contributed by atoms with Crippen LogP contribution in [-0.2, 0) is 4.79 Å². The van der Waals surface area contributed by atoms with Gasteiger partial charge in [0.15, 0.2) is 0 Å². The zero-order valence-electron chi connectivity index (χ0n) is 14.0. The Morgan fingerprint density at radius 3 is 2.85 bits per heavy atom. The number of carbonyl (C=O) groups excluding carboxylic acids is 1. The molecule has 8 heteroatoms. The van der Waals surface area contributed by atoms with Crippen molar-refractivity contribution in [3.63, 3.8) is 0 Å². The Bertz CT molecular complexity index is 944. The quantitative estimate of drug-likeness (QED) is 0.723. The van der Waals surface area contributed by atoms with Crippen LogP contribution in [0, 0.1) is 5.82 Å². The van der Waals surface area contributed by atoms with E-state index in [1.807, 2.05) is 30.3 Å². The van der Waals surface area contributed by atoms with E-state index in [0.29, 0.717) is 30.4 Å². The van der Waals surface area contributed by atoms with Crippen molar-refractivity contribution in [2.45, 2.75) is 13.0 Å². The van der Waals surface area contributed by atoms with Crippen LogP contribution in [0.25, 0.3) is 11.4 Å². The highest BCUT2D eigenvalue weighted by Gasteiger charge is 2.29. The van der Waals surface area contributed by atoms with Gasteiger partial charge in [-0.2, -0.15) is 4.80 Å². The normalized spacial score (nSPS) is 14.5. The van der Waals surface area contributed by atoms with Crippen LogP contribution < -0.4 is 9.64 Å². The molecule has 1 aliphatic heterocycles. The van der Waals surface area contributed by atoms with Crippen LogP contribution in [0.3, 0.4) is 0 Å². The number of aromatic nitrogens is 4. The van der Waals surface area contributed by atoms with Gasteiger partial charge in [-0.1, -0.05) is 30.3 Å². The molecule has 0 spiro atoms. The lowest BCUT2D eigenvalue weighted by molar-refractivity contribution is -0.122. The minimum absolute atomic E-state index is 0.210. The summed E-state index contributed by atoms with van der Waals surface area (Å²) in [6.07, 6.45) is 0. The Morgan fingerprint density at radius 1 is 1.23 bits per heavy atom. The van der Waals surface area contributed by atoms with E-state index in [-0.39, 0.29) is 5.91 Å².